The molecule has 0 amide bonds. The van der Waals surface area contributed by atoms with Crippen molar-refractivity contribution in [2.45, 2.75) is 6.92 Å². The van der Waals surface area contributed by atoms with Crippen LogP contribution in [0, 0.1) is 6.92 Å². The number of rotatable bonds is 2. The van der Waals surface area contributed by atoms with Crippen molar-refractivity contribution in [1.82, 2.24) is 4.98 Å². The highest BCUT2D eigenvalue weighted by molar-refractivity contribution is 6.13. The van der Waals surface area contributed by atoms with Crippen molar-refractivity contribution < 1.29 is 9.90 Å². The number of nitrogens with zero attached hydrogens (tertiary/aromatic N) is 1. The molecule has 1 N–H and O–H groups in total. The van der Waals surface area contributed by atoms with Crippen LogP contribution in [0.25, 0.3) is 5.57 Å². The lowest BCUT2D eigenvalue weighted by Crippen LogP contribution is -2.00. The van der Waals surface area contributed by atoms with Crippen LogP contribution in [0.15, 0.2) is 24.9 Å². The van der Waals surface area contributed by atoms with Crippen LogP contribution >= 0.6 is 0 Å². The molecule has 0 aliphatic rings. The maximum absolute atomic E-state index is 10.5. The van der Waals surface area contributed by atoms with E-state index in [0.29, 0.717) is 5.69 Å². The highest BCUT2D eigenvalue weighted by atomic mass is 16.4. The van der Waals surface area contributed by atoms with Crippen molar-refractivity contribution in [3.05, 3.63) is 36.2 Å². The average molecular weight is 163 g/mol. The molecule has 0 spiro atoms. The summed E-state index contributed by atoms with van der Waals surface area (Å²) in [6.07, 6.45) is 1.57. The Morgan fingerprint density at radius 1 is 1.67 bits per heavy atom. The molecular formula is C9H9NO2. The number of carboxylic acid groups (broad SMARTS) is 1. The van der Waals surface area contributed by atoms with Crippen molar-refractivity contribution in [2.24, 2.45) is 0 Å². The molecular weight excluding hydrogens is 154 g/mol. The summed E-state index contributed by atoms with van der Waals surface area (Å²) in [6, 6.07) is 3.50. The van der Waals surface area contributed by atoms with Gasteiger partial charge in [0.1, 0.15) is 0 Å². The first kappa shape index (κ1) is 8.46. The maximum atomic E-state index is 10.5. The Morgan fingerprint density at radius 2 is 2.33 bits per heavy atom. The molecule has 0 unspecified atom stereocenters. The van der Waals surface area contributed by atoms with Crippen molar-refractivity contribution >= 4 is 11.5 Å². The van der Waals surface area contributed by atoms with Crippen LogP contribution in [0.2, 0.25) is 0 Å². The summed E-state index contributed by atoms with van der Waals surface area (Å²) in [6.45, 7) is 5.28. The Labute approximate surface area is 70.4 Å². The summed E-state index contributed by atoms with van der Waals surface area (Å²) in [7, 11) is 0. The SMILES string of the molecule is C=C(C(=O)O)c1cc(C)ccn1. The van der Waals surface area contributed by atoms with E-state index in [2.05, 4.69) is 11.6 Å². The second-order valence-corrected chi connectivity index (χ2v) is 2.50. The van der Waals surface area contributed by atoms with E-state index in [1.165, 1.54) is 0 Å². The lowest BCUT2D eigenvalue weighted by atomic mass is 10.1. The Balaban J connectivity index is 3.04. The van der Waals surface area contributed by atoms with Gasteiger partial charge in [0.05, 0.1) is 11.3 Å². The Kier molecular flexibility index (Phi) is 2.24. The van der Waals surface area contributed by atoms with Gasteiger partial charge < -0.3 is 5.11 Å². The molecule has 3 nitrogen and oxygen atoms in total. The zero-order valence-corrected chi connectivity index (χ0v) is 6.74. The van der Waals surface area contributed by atoms with Crippen molar-refractivity contribution in [2.75, 3.05) is 0 Å². The van der Waals surface area contributed by atoms with E-state index in [1.807, 2.05) is 6.92 Å². The fourth-order valence-electron chi connectivity index (χ4n) is 0.811. The Hall–Kier alpha value is -1.64. The number of aliphatic carboxylic acids is 1. The largest absolute Gasteiger partial charge is 0.478 e. The second kappa shape index (κ2) is 3.17. The highest BCUT2D eigenvalue weighted by Gasteiger charge is 2.07. The summed E-state index contributed by atoms with van der Waals surface area (Å²) in [5, 5.41) is 8.59. The van der Waals surface area contributed by atoms with Crippen molar-refractivity contribution in [1.29, 1.82) is 0 Å². The molecule has 0 fully saturated rings. The van der Waals surface area contributed by atoms with Gasteiger partial charge in [0.15, 0.2) is 0 Å². The molecule has 0 saturated heterocycles. The molecule has 0 radical (unpaired) electrons. The zero-order valence-electron chi connectivity index (χ0n) is 6.74. The third kappa shape index (κ3) is 1.69. The third-order valence-electron chi connectivity index (χ3n) is 1.48. The molecule has 1 heterocycles. The van der Waals surface area contributed by atoms with Gasteiger partial charge in [-0.3, -0.25) is 4.98 Å². The van der Waals surface area contributed by atoms with Gasteiger partial charge in [0.25, 0.3) is 0 Å². The Bertz CT molecular complexity index is 331. The quantitative estimate of drug-likeness (QED) is 0.672. The summed E-state index contributed by atoms with van der Waals surface area (Å²) in [5.41, 5.74) is 1.42. The summed E-state index contributed by atoms with van der Waals surface area (Å²) in [5.74, 6) is -1.03. The minimum absolute atomic E-state index is 0.0266. The van der Waals surface area contributed by atoms with Crippen LogP contribution in [0.1, 0.15) is 11.3 Å². The predicted molar refractivity (Wildman–Crippen MR) is 45.6 cm³/mol. The number of carbonyl (C=O) groups is 1. The lowest BCUT2D eigenvalue weighted by Gasteiger charge is -1.99. The number of pyridine rings is 1. The first-order valence-corrected chi connectivity index (χ1v) is 3.46. The van der Waals surface area contributed by atoms with Crippen molar-refractivity contribution in [3.8, 4) is 0 Å². The van der Waals surface area contributed by atoms with E-state index in [1.54, 1.807) is 18.3 Å². The topological polar surface area (TPSA) is 50.2 Å². The predicted octanol–water partition coefficient (Wildman–Crippen LogP) is 1.49. The number of aromatic nitrogens is 1. The number of hydrogen-bond acceptors (Lipinski definition) is 2. The van der Waals surface area contributed by atoms with Crippen LogP contribution in [-0.2, 0) is 4.79 Å². The molecule has 0 bridgehead atoms. The number of carboxylic acids is 1. The zero-order chi connectivity index (χ0) is 9.14. The van der Waals surface area contributed by atoms with Gasteiger partial charge >= 0.3 is 5.97 Å². The summed E-state index contributed by atoms with van der Waals surface area (Å²) < 4.78 is 0. The van der Waals surface area contributed by atoms with Gasteiger partial charge in [0, 0.05) is 6.20 Å². The molecule has 12 heavy (non-hydrogen) atoms. The van der Waals surface area contributed by atoms with Gasteiger partial charge in [-0.25, -0.2) is 4.79 Å². The van der Waals surface area contributed by atoms with Crippen LogP contribution in [0.5, 0.6) is 0 Å². The standard InChI is InChI=1S/C9H9NO2/c1-6-3-4-10-8(5-6)7(2)9(11)12/h3-5H,2H2,1H3,(H,11,12). The van der Waals surface area contributed by atoms with E-state index in [0.717, 1.165) is 5.56 Å². The summed E-state index contributed by atoms with van der Waals surface area (Å²) >= 11 is 0. The molecule has 0 aliphatic heterocycles. The molecule has 0 saturated carbocycles. The van der Waals surface area contributed by atoms with Crippen LogP contribution in [-0.4, -0.2) is 16.1 Å². The second-order valence-electron chi connectivity index (χ2n) is 2.50. The minimum atomic E-state index is -1.03. The van der Waals surface area contributed by atoms with Gasteiger partial charge in [-0.1, -0.05) is 6.58 Å². The van der Waals surface area contributed by atoms with Gasteiger partial charge in [-0.2, -0.15) is 0 Å². The monoisotopic (exact) mass is 163 g/mol. The van der Waals surface area contributed by atoms with E-state index in [-0.39, 0.29) is 5.57 Å². The molecule has 3 heteroatoms. The third-order valence-corrected chi connectivity index (χ3v) is 1.48. The molecule has 0 aliphatic carbocycles. The highest BCUT2D eigenvalue weighted by Crippen LogP contribution is 2.10. The van der Waals surface area contributed by atoms with E-state index in [4.69, 9.17) is 5.11 Å². The van der Waals surface area contributed by atoms with E-state index < -0.39 is 5.97 Å². The maximum Gasteiger partial charge on any atom is 0.337 e. The fourth-order valence-corrected chi connectivity index (χ4v) is 0.811. The molecule has 0 aromatic carbocycles. The van der Waals surface area contributed by atoms with Gasteiger partial charge in [-0.05, 0) is 24.6 Å². The Morgan fingerprint density at radius 3 is 2.83 bits per heavy atom. The van der Waals surface area contributed by atoms with E-state index in [9.17, 15) is 4.79 Å². The van der Waals surface area contributed by atoms with Crippen LogP contribution in [0.4, 0.5) is 0 Å². The van der Waals surface area contributed by atoms with E-state index >= 15 is 0 Å². The molecule has 1 aromatic heterocycles. The number of hydrogen-bond donors (Lipinski definition) is 1. The molecule has 0 atom stereocenters. The average Bonchev–Trinajstić information content (AvgIpc) is 2.03. The smallest absolute Gasteiger partial charge is 0.337 e. The summed E-state index contributed by atoms with van der Waals surface area (Å²) in [4.78, 5) is 14.4. The minimum Gasteiger partial charge on any atom is -0.478 e. The van der Waals surface area contributed by atoms with Gasteiger partial charge in [-0.15, -0.1) is 0 Å². The first-order valence-electron chi connectivity index (χ1n) is 3.46. The first-order chi connectivity index (χ1) is 5.61. The van der Waals surface area contributed by atoms with Crippen molar-refractivity contribution in [3.63, 3.8) is 0 Å². The normalized spacial score (nSPS) is 9.42. The fraction of sp³-hybridized carbons (Fsp3) is 0.111. The van der Waals surface area contributed by atoms with Gasteiger partial charge in [0.2, 0.25) is 0 Å². The molecule has 1 aromatic rings. The van der Waals surface area contributed by atoms with Crippen LogP contribution < -0.4 is 0 Å². The number of aryl methyl sites for hydroxylation is 1. The lowest BCUT2D eigenvalue weighted by molar-refractivity contribution is -0.130. The van der Waals surface area contributed by atoms with Crippen LogP contribution in [0.3, 0.4) is 0 Å². The molecule has 1 rings (SSSR count). The molecule has 62 valence electrons.